The van der Waals surface area contributed by atoms with Crippen LogP contribution in [0.4, 0.5) is 24.5 Å². The van der Waals surface area contributed by atoms with Gasteiger partial charge in [0.25, 0.3) is 0 Å². The zero-order valence-electron chi connectivity index (χ0n) is 9.39. The maximum Gasteiger partial charge on any atom is 0.417 e. The number of hydrogen-bond acceptors (Lipinski definition) is 3. The molecule has 0 amide bonds. The second kappa shape index (κ2) is 4.53. The number of benzene rings is 1. The van der Waals surface area contributed by atoms with Crippen LogP contribution in [0.2, 0.25) is 0 Å². The van der Waals surface area contributed by atoms with Crippen LogP contribution in [0.5, 0.6) is 0 Å². The molecule has 0 aliphatic rings. The molecular weight excluding hydrogens is 231 g/mol. The lowest BCUT2D eigenvalue weighted by atomic mass is 10.1. The number of nitrogens with zero attached hydrogens (tertiary/aromatic N) is 1. The van der Waals surface area contributed by atoms with Crippen LogP contribution in [0.1, 0.15) is 25.0 Å². The number of nitrogens with one attached hydrogen (secondary N) is 1. The van der Waals surface area contributed by atoms with Crippen LogP contribution in [0.25, 0.3) is 0 Å². The fourth-order valence-electron chi connectivity index (χ4n) is 1.38. The van der Waals surface area contributed by atoms with Crippen molar-refractivity contribution >= 4 is 11.4 Å². The normalized spacial score (nSPS) is 11.4. The lowest BCUT2D eigenvalue weighted by Gasteiger charge is -2.16. The van der Waals surface area contributed by atoms with E-state index >= 15 is 0 Å². The SMILES string of the molecule is CC(C)Nc1cc(C#N)c(C(F)(F)F)cc1N. The van der Waals surface area contributed by atoms with E-state index in [0.717, 1.165) is 12.1 Å². The Balaban J connectivity index is 3.31. The minimum atomic E-state index is -4.57. The number of nitrogen functional groups attached to an aromatic ring is 1. The molecule has 6 heteroatoms. The van der Waals surface area contributed by atoms with Crippen molar-refractivity contribution in [1.82, 2.24) is 0 Å². The van der Waals surface area contributed by atoms with Gasteiger partial charge in [0.2, 0.25) is 0 Å². The van der Waals surface area contributed by atoms with Gasteiger partial charge in [0.1, 0.15) is 0 Å². The molecule has 92 valence electrons. The lowest BCUT2D eigenvalue weighted by Crippen LogP contribution is -2.14. The quantitative estimate of drug-likeness (QED) is 0.785. The van der Waals surface area contributed by atoms with Crippen molar-refractivity contribution in [2.45, 2.75) is 26.1 Å². The fraction of sp³-hybridized carbons (Fsp3) is 0.364. The zero-order valence-corrected chi connectivity index (χ0v) is 9.39. The number of nitriles is 1. The number of halogens is 3. The first-order valence-corrected chi connectivity index (χ1v) is 4.93. The second-order valence-corrected chi connectivity index (χ2v) is 3.89. The number of hydrogen-bond donors (Lipinski definition) is 2. The van der Waals surface area contributed by atoms with Crippen molar-refractivity contribution in [1.29, 1.82) is 5.26 Å². The topological polar surface area (TPSA) is 61.8 Å². The van der Waals surface area contributed by atoms with Gasteiger partial charge in [-0.2, -0.15) is 18.4 Å². The van der Waals surface area contributed by atoms with E-state index in [9.17, 15) is 13.2 Å². The van der Waals surface area contributed by atoms with Gasteiger partial charge in [-0.15, -0.1) is 0 Å². The first-order chi connectivity index (χ1) is 7.75. The Labute approximate surface area is 97.0 Å². The van der Waals surface area contributed by atoms with Crippen molar-refractivity contribution in [3.05, 3.63) is 23.3 Å². The van der Waals surface area contributed by atoms with E-state index in [4.69, 9.17) is 11.0 Å². The highest BCUT2D eigenvalue weighted by molar-refractivity contribution is 5.70. The zero-order chi connectivity index (χ0) is 13.2. The van der Waals surface area contributed by atoms with E-state index in [1.54, 1.807) is 0 Å². The molecule has 1 rings (SSSR count). The van der Waals surface area contributed by atoms with E-state index < -0.39 is 17.3 Å². The van der Waals surface area contributed by atoms with Gasteiger partial charge in [-0.25, -0.2) is 0 Å². The third-order valence-electron chi connectivity index (χ3n) is 2.06. The molecule has 0 atom stereocenters. The van der Waals surface area contributed by atoms with Crippen LogP contribution in [0.15, 0.2) is 12.1 Å². The Morgan fingerprint density at radius 1 is 1.35 bits per heavy atom. The molecule has 3 N–H and O–H groups in total. The molecule has 0 saturated heterocycles. The summed E-state index contributed by atoms with van der Waals surface area (Å²) in [6.07, 6.45) is -4.57. The fourth-order valence-corrected chi connectivity index (χ4v) is 1.38. The highest BCUT2D eigenvalue weighted by Gasteiger charge is 2.34. The number of anilines is 2. The van der Waals surface area contributed by atoms with Gasteiger partial charge in [0, 0.05) is 6.04 Å². The Morgan fingerprint density at radius 3 is 2.35 bits per heavy atom. The molecule has 0 aromatic heterocycles. The Kier molecular flexibility index (Phi) is 3.51. The Morgan fingerprint density at radius 2 is 1.94 bits per heavy atom. The highest BCUT2D eigenvalue weighted by atomic mass is 19.4. The van der Waals surface area contributed by atoms with Crippen molar-refractivity contribution in [3.63, 3.8) is 0 Å². The monoisotopic (exact) mass is 243 g/mol. The molecule has 0 unspecified atom stereocenters. The minimum absolute atomic E-state index is 0.0144. The Bertz CT molecular complexity index is 458. The van der Waals surface area contributed by atoms with Crippen molar-refractivity contribution in [3.8, 4) is 6.07 Å². The molecular formula is C11H12F3N3. The van der Waals surface area contributed by atoms with Gasteiger partial charge in [-0.05, 0) is 26.0 Å². The summed E-state index contributed by atoms with van der Waals surface area (Å²) in [6.45, 7) is 3.65. The molecule has 0 saturated carbocycles. The van der Waals surface area contributed by atoms with Crippen molar-refractivity contribution in [2.75, 3.05) is 11.1 Å². The molecule has 3 nitrogen and oxygen atoms in total. The molecule has 0 radical (unpaired) electrons. The average Bonchev–Trinajstić information content (AvgIpc) is 2.18. The first-order valence-electron chi connectivity index (χ1n) is 4.93. The van der Waals surface area contributed by atoms with Crippen molar-refractivity contribution in [2.24, 2.45) is 0 Å². The largest absolute Gasteiger partial charge is 0.417 e. The highest BCUT2D eigenvalue weighted by Crippen LogP contribution is 2.35. The molecule has 0 bridgehead atoms. The smallest absolute Gasteiger partial charge is 0.397 e. The Hall–Kier alpha value is -1.90. The molecule has 0 aliphatic carbocycles. The summed E-state index contributed by atoms with van der Waals surface area (Å²) in [6, 6.07) is 3.45. The molecule has 1 aromatic rings. The van der Waals surface area contributed by atoms with Crippen LogP contribution in [0.3, 0.4) is 0 Å². The summed E-state index contributed by atoms with van der Waals surface area (Å²) in [7, 11) is 0. The van der Waals surface area contributed by atoms with Crippen molar-refractivity contribution < 1.29 is 13.2 Å². The van der Waals surface area contributed by atoms with E-state index in [2.05, 4.69) is 5.32 Å². The van der Waals surface area contributed by atoms with Gasteiger partial charge >= 0.3 is 6.18 Å². The van der Waals surface area contributed by atoms with Crippen LogP contribution in [-0.2, 0) is 6.18 Å². The molecule has 0 fully saturated rings. The van der Waals surface area contributed by atoms with Crippen LogP contribution in [-0.4, -0.2) is 6.04 Å². The van der Waals surface area contributed by atoms with Gasteiger partial charge in [-0.3, -0.25) is 0 Å². The summed E-state index contributed by atoms with van der Waals surface area (Å²) in [5.74, 6) is 0. The summed E-state index contributed by atoms with van der Waals surface area (Å²) < 4.78 is 37.7. The number of alkyl halides is 3. The van der Waals surface area contributed by atoms with Gasteiger partial charge in [0.05, 0.1) is 28.6 Å². The predicted molar refractivity (Wildman–Crippen MR) is 59.3 cm³/mol. The van der Waals surface area contributed by atoms with Gasteiger partial charge < -0.3 is 11.1 Å². The molecule has 17 heavy (non-hydrogen) atoms. The van der Waals surface area contributed by atoms with E-state index in [0.29, 0.717) is 5.69 Å². The third-order valence-corrected chi connectivity index (χ3v) is 2.06. The van der Waals surface area contributed by atoms with Crippen LogP contribution >= 0.6 is 0 Å². The lowest BCUT2D eigenvalue weighted by molar-refractivity contribution is -0.137. The van der Waals surface area contributed by atoms with E-state index in [1.807, 2.05) is 13.8 Å². The first kappa shape index (κ1) is 13.2. The van der Waals surface area contributed by atoms with Crippen LogP contribution in [0, 0.1) is 11.3 Å². The summed E-state index contributed by atoms with van der Waals surface area (Å²) in [4.78, 5) is 0. The molecule has 0 aliphatic heterocycles. The molecule has 1 aromatic carbocycles. The minimum Gasteiger partial charge on any atom is -0.397 e. The average molecular weight is 243 g/mol. The summed E-state index contributed by atoms with van der Waals surface area (Å²) in [5, 5.41) is 11.6. The molecule has 0 heterocycles. The maximum absolute atomic E-state index is 12.6. The number of rotatable bonds is 2. The number of nitrogens with two attached hydrogens (primary N) is 1. The standard InChI is InChI=1S/C11H12F3N3/c1-6(2)17-10-3-7(5-15)8(4-9(10)16)11(12,13)14/h3-4,6,17H,16H2,1-2H3. The second-order valence-electron chi connectivity index (χ2n) is 3.89. The predicted octanol–water partition coefficient (Wildman–Crippen LogP) is 2.98. The van der Waals surface area contributed by atoms with Crippen LogP contribution < -0.4 is 11.1 Å². The summed E-state index contributed by atoms with van der Waals surface area (Å²) >= 11 is 0. The van der Waals surface area contributed by atoms with E-state index in [1.165, 1.54) is 6.07 Å². The summed E-state index contributed by atoms with van der Waals surface area (Å²) in [5.41, 5.74) is 4.39. The van der Waals surface area contributed by atoms with Gasteiger partial charge in [0.15, 0.2) is 0 Å². The van der Waals surface area contributed by atoms with Gasteiger partial charge in [-0.1, -0.05) is 0 Å². The molecule has 0 spiro atoms. The maximum atomic E-state index is 12.6. The third kappa shape index (κ3) is 3.03. The van der Waals surface area contributed by atoms with E-state index in [-0.39, 0.29) is 11.7 Å².